The predicted octanol–water partition coefficient (Wildman–Crippen LogP) is 1.35. The van der Waals surface area contributed by atoms with Crippen molar-refractivity contribution >= 4 is 9.84 Å². The van der Waals surface area contributed by atoms with Crippen molar-refractivity contribution in [3.05, 3.63) is 34.9 Å². The maximum atomic E-state index is 11.1. The molecule has 2 N–H and O–H groups in total. The molecule has 1 aromatic rings. The van der Waals surface area contributed by atoms with Crippen LogP contribution in [0.3, 0.4) is 0 Å². The lowest BCUT2D eigenvalue weighted by atomic mass is 10.0. The summed E-state index contributed by atoms with van der Waals surface area (Å²) in [6.45, 7) is 3.95. The van der Waals surface area contributed by atoms with Gasteiger partial charge in [-0.05, 0) is 25.0 Å². The molecule has 0 aliphatic heterocycles. The van der Waals surface area contributed by atoms with Crippen LogP contribution in [0.25, 0.3) is 0 Å². The zero-order chi connectivity index (χ0) is 11.6. The Morgan fingerprint density at radius 1 is 1.33 bits per heavy atom. The molecule has 0 bridgehead atoms. The fraction of sp³-hybridized carbons (Fsp3) is 0.455. The molecule has 0 saturated carbocycles. The standard InChI is InChI=1S/C11H17NO2S/c1-8-4-5-10(9(2)6-8)11(12)7-15(3,13)14/h4-6,11H,7,12H2,1-3H3. The van der Waals surface area contributed by atoms with E-state index in [1.807, 2.05) is 32.0 Å². The van der Waals surface area contributed by atoms with E-state index in [0.717, 1.165) is 16.7 Å². The average molecular weight is 227 g/mol. The van der Waals surface area contributed by atoms with E-state index in [1.165, 1.54) is 6.26 Å². The minimum Gasteiger partial charge on any atom is -0.323 e. The van der Waals surface area contributed by atoms with E-state index < -0.39 is 15.9 Å². The van der Waals surface area contributed by atoms with Crippen LogP contribution in [0, 0.1) is 13.8 Å². The van der Waals surface area contributed by atoms with E-state index in [4.69, 9.17) is 5.73 Å². The Hall–Kier alpha value is -0.870. The van der Waals surface area contributed by atoms with Crippen molar-refractivity contribution < 1.29 is 8.42 Å². The Balaban J connectivity index is 2.97. The summed E-state index contributed by atoms with van der Waals surface area (Å²) in [5, 5.41) is 0. The number of nitrogens with two attached hydrogens (primary N) is 1. The van der Waals surface area contributed by atoms with Crippen LogP contribution in [0.4, 0.5) is 0 Å². The van der Waals surface area contributed by atoms with Gasteiger partial charge in [-0.2, -0.15) is 0 Å². The van der Waals surface area contributed by atoms with Crippen LogP contribution in [0.2, 0.25) is 0 Å². The molecule has 15 heavy (non-hydrogen) atoms. The Morgan fingerprint density at radius 2 is 1.93 bits per heavy atom. The molecule has 1 rings (SSSR count). The summed E-state index contributed by atoms with van der Waals surface area (Å²) in [4.78, 5) is 0. The summed E-state index contributed by atoms with van der Waals surface area (Å²) in [7, 11) is -3.02. The van der Waals surface area contributed by atoms with Gasteiger partial charge in [0.25, 0.3) is 0 Å². The molecule has 0 fully saturated rings. The molecule has 0 radical (unpaired) electrons. The average Bonchev–Trinajstić information content (AvgIpc) is 1.99. The summed E-state index contributed by atoms with van der Waals surface area (Å²) in [6, 6.07) is 5.43. The van der Waals surface area contributed by atoms with Gasteiger partial charge in [0, 0.05) is 12.3 Å². The van der Waals surface area contributed by atoms with Crippen molar-refractivity contribution in [3.8, 4) is 0 Å². The quantitative estimate of drug-likeness (QED) is 0.848. The molecule has 4 heteroatoms. The third-order valence-electron chi connectivity index (χ3n) is 2.31. The molecule has 3 nitrogen and oxygen atoms in total. The number of benzene rings is 1. The Bertz CT molecular complexity index is 452. The van der Waals surface area contributed by atoms with Crippen molar-refractivity contribution in [1.29, 1.82) is 0 Å². The first-order valence-electron chi connectivity index (χ1n) is 4.80. The molecule has 1 atom stereocenters. The largest absolute Gasteiger partial charge is 0.323 e. The topological polar surface area (TPSA) is 60.2 Å². The van der Waals surface area contributed by atoms with Gasteiger partial charge in [-0.3, -0.25) is 0 Å². The van der Waals surface area contributed by atoms with Crippen molar-refractivity contribution in [2.24, 2.45) is 5.73 Å². The molecule has 0 spiro atoms. The zero-order valence-electron chi connectivity index (χ0n) is 9.32. The van der Waals surface area contributed by atoms with Crippen molar-refractivity contribution in [2.45, 2.75) is 19.9 Å². The highest BCUT2D eigenvalue weighted by Gasteiger charge is 2.14. The van der Waals surface area contributed by atoms with E-state index in [2.05, 4.69) is 0 Å². The van der Waals surface area contributed by atoms with Gasteiger partial charge >= 0.3 is 0 Å². The SMILES string of the molecule is Cc1ccc(C(N)CS(C)(=O)=O)c(C)c1. The second-order valence-corrected chi connectivity index (χ2v) is 6.24. The Morgan fingerprint density at radius 3 is 2.40 bits per heavy atom. The second kappa shape index (κ2) is 4.33. The summed E-state index contributed by atoms with van der Waals surface area (Å²) in [5.74, 6) is -0.00307. The number of hydrogen-bond acceptors (Lipinski definition) is 3. The fourth-order valence-corrected chi connectivity index (χ4v) is 2.49. The molecular weight excluding hydrogens is 210 g/mol. The van der Waals surface area contributed by atoms with Gasteiger partial charge in [0.05, 0.1) is 5.75 Å². The van der Waals surface area contributed by atoms with Crippen LogP contribution < -0.4 is 5.73 Å². The maximum Gasteiger partial charge on any atom is 0.149 e. The van der Waals surface area contributed by atoms with Crippen molar-refractivity contribution in [2.75, 3.05) is 12.0 Å². The summed E-state index contributed by atoms with van der Waals surface area (Å²) < 4.78 is 22.2. The molecule has 1 unspecified atom stereocenters. The van der Waals surface area contributed by atoms with Crippen molar-refractivity contribution in [1.82, 2.24) is 0 Å². The molecule has 0 amide bonds. The summed E-state index contributed by atoms with van der Waals surface area (Å²) >= 11 is 0. The Kier molecular flexibility index (Phi) is 3.52. The van der Waals surface area contributed by atoms with E-state index in [0.29, 0.717) is 0 Å². The molecule has 1 aromatic carbocycles. The van der Waals surface area contributed by atoms with Gasteiger partial charge < -0.3 is 5.73 Å². The predicted molar refractivity (Wildman–Crippen MR) is 62.6 cm³/mol. The molecule has 84 valence electrons. The van der Waals surface area contributed by atoms with Gasteiger partial charge in [-0.15, -0.1) is 0 Å². The van der Waals surface area contributed by atoms with Gasteiger partial charge in [-0.25, -0.2) is 8.42 Å². The second-order valence-electron chi connectivity index (χ2n) is 4.06. The van der Waals surface area contributed by atoms with E-state index in [1.54, 1.807) is 0 Å². The van der Waals surface area contributed by atoms with Gasteiger partial charge in [0.2, 0.25) is 0 Å². The molecule has 0 aliphatic rings. The first-order chi connectivity index (χ1) is 6.79. The fourth-order valence-electron chi connectivity index (χ4n) is 1.66. The molecule has 0 aliphatic carbocycles. The molecule has 0 heterocycles. The first kappa shape index (κ1) is 12.2. The number of aryl methyl sites for hydroxylation is 2. The smallest absolute Gasteiger partial charge is 0.149 e. The number of sulfone groups is 1. The van der Waals surface area contributed by atoms with Crippen molar-refractivity contribution in [3.63, 3.8) is 0 Å². The Labute approximate surface area is 91.2 Å². The molecule has 0 aromatic heterocycles. The highest BCUT2D eigenvalue weighted by molar-refractivity contribution is 7.90. The lowest BCUT2D eigenvalue weighted by Crippen LogP contribution is -2.21. The van der Waals surface area contributed by atoms with Crippen LogP contribution in [0.1, 0.15) is 22.7 Å². The van der Waals surface area contributed by atoms with Crippen LogP contribution in [-0.2, 0) is 9.84 Å². The molecular formula is C11H17NO2S. The minimum absolute atomic E-state index is 0.00307. The number of hydrogen-bond donors (Lipinski definition) is 1. The maximum absolute atomic E-state index is 11.1. The van der Waals surface area contributed by atoms with Crippen LogP contribution in [0.5, 0.6) is 0 Å². The third-order valence-corrected chi connectivity index (χ3v) is 3.27. The first-order valence-corrected chi connectivity index (χ1v) is 6.86. The van der Waals surface area contributed by atoms with Crippen LogP contribution in [0.15, 0.2) is 18.2 Å². The highest BCUT2D eigenvalue weighted by atomic mass is 32.2. The highest BCUT2D eigenvalue weighted by Crippen LogP contribution is 2.18. The van der Waals surface area contributed by atoms with E-state index in [-0.39, 0.29) is 5.75 Å². The van der Waals surface area contributed by atoms with Gasteiger partial charge in [0.1, 0.15) is 9.84 Å². The third kappa shape index (κ3) is 3.64. The van der Waals surface area contributed by atoms with Gasteiger partial charge in [-0.1, -0.05) is 23.8 Å². The van der Waals surface area contributed by atoms with Gasteiger partial charge in [0.15, 0.2) is 0 Å². The monoisotopic (exact) mass is 227 g/mol. The summed E-state index contributed by atoms with van der Waals surface area (Å²) in [6.07, 6.45) is 1.20. The summed E-state index contributed by atoms with van der Waals surface area (Å²) in [5.41, 5.74) is 8.96. The normalized spacial score (nSPS) is 13.9. The van der Waals surface area contributed by atoms with Crippen LogP contribution >= 0.6 is 0 Å². The lowest BCUT2D eigenvalue weighted by molar-refractivity contribution is 0.594. The lowest BCUT2D eigenvalue weighted by Gasteiger charge is -2.14. The zero-order valence-corrected chi connectivity index (χ0v) is 10.1. The molecule has 0 saturated heterocycles. The minimum atomic E-state index is -3.02. The van der Waals surface area contributed by atoms with Crippen LogP contribution in [-0.4, -0.2) is 20.4 Å². The van der Waals surface area contributed by atoms with E-state index >= 15 is 0 Å². The number of rotatable bonds is 3. The van der Waals surface area contributed by atoms with E-state index in [9.17, 15) is 8.42 Å².